The van der Waals surface area contributed by atoms with Crippen LogP contribution < -0.4 is 16.4 Å². The quantitative estimate of drug-likeness (QED) is 0.757. The Morgan fingerprint density at radius 1 is 1.33 bits per heavy atom. The van der Waals surface area contributed by atoms with Crippen molar-refractivity contribution in [1.82, 2.24) is 4.98 Å². The summed E-state index contributed by atoms with van der Waals surface area (Å²) in [5.41, 5.74) is 8.12. The van der Waals surface area contributed by atoms with E-state index in [-0.39, 0.29) is 30.1 Å². The number of nitrogens with two attached hydrogens (primary N) is 1. The SMILES string of the molecule is Cc1ccc(NC(=O)C2CC2)cc1NC(=O)c1csc(CN)n1.Cl. The number of amides is 2. The molecule has 1 aliphatic carbocycles. The fourth-order valence-electron chi connectivity index (χ4n) is 2.12. The lowest BCUT2D eigenvalue weighted by Crippen LogP contribution is -2.16. The van der Waals surface area contributed by atoms with E-state index in [1.165, 1.54) is 11.3 Å². The molecule has 3 rings (SSSR count). The van der Waals surface area contributed by atoms with Crippen LogP contribution in [-0.4, -0.2) is 16.8 Å². The van der Waals surface area contributed by atoms with Crippen LogP contribution in [0.3, 0.4) is 0 Å². The number of benzene rings is 1. The van der Waals surface area contributed by atoms with Crippen molar-refractivity contribution < 1.29 is 9.59 Å². The van der Waals surface area contributed by atoms with Crippen molar-refractivity contribution in [2.24, 2.45) is 11.7 Å². The summed E-state index contributed by atoms with van der Waals surface area (Å²) in [6, 6.07) is 5.47. The molecule has 6 nitrogen and oxygen atoms in total. The van der Waals surface area contributed by atoms with Crippen molar-refractivity contribution in [3.63, 3.8) is 0 Å². The number of nitrogens with zero attached hydrogens (tertiary/aromatic N) is 1. The number of anilines is 2. The summed E-state index contributed by atoms with van der Waals surface area (Å²) < 4.78 is 0. The third-order valence-corrected chi connectivity index (χ3v) is 4.53. The van der Waals surface area contributed by atoms with Crippen molar-refractivity contribution in [2.75, 3.05) is 10.6 Å². The van der Waals surface area contributed by atoms with E-state index >= 15 is 0 Å². The Balaban J connectivity index is 0.00000208. The van der Waals surface area contributed by atoms with Gasteiger partial charge in [0.15, 0.2) is 0 Å². The molecule has 1 aromatic carbocycles. The van der Waals surface area contributed by atoms with E-state index in [1.54, 1.807) is 11.4 Å². The van der Waals surface area contributed by atoms with Crippen LogP contribution in [0.15, 0.2) is 23.6 Å². The number of aryl methyl sites for hydroxylation is 1. The topological polar surface area (TPSA) is 97.1 Å². The van der Waals surface area contributed by atoms with Crippen LogP contribution in [0.25, 0.3) is 0 Å². The molecule has 1 aromatic heterocycles. The predicted octanol–water partition coefficient (Wildman–Crippen LogP) is 2.93. The number of hydrogen-bond donors (Lipinski definition) is 3. The Morgan fingerprint density at radius 2 is 2.08 bits per heavy atom. The standard InChI is InChI=1S/C16H18N4O2S.ClH/c1-9-2-5-11(18-15(21)10-3-4-10)6-12(9)20-16(22)13-8-23-14(7-17)19-13;/h2,5-6,8,10H,3-4,7,17H2,1H3,(H,18,21)(H,20,22);1H. The number of rotatable bonds is 5. The molecule has 0 saturated heterocycles. The van der Waals surface area contributed by atoms with E-state index in [0.717, 1.165) is 23.4 Å². The van der Waals surface area contributed by atoms with Gasteiger partial charge in [0.1, 0.15) is 10.7 Å². The molecule has 8 heteroatoms. The normalized spacial score (nSPS) is 13.1. The van der Waals surface area contributed by atoms with Gasteiger partial charge in [0.25, 0.3) is 5.91 Å². The van der Waals surface area contributed by atoms with Crippen LogP contribution in [0.5, 0.6) is 0 Å². The van der Waals surface area contributed by atoms with Gasteiger partial charge in [-0.15, -0.1) is 23.7 Å². The van der Waals surface area contributed by atoms with E-state index in [2.05, 4.69) is 15.6 Å². The average molecular weight is 367 g/mol. The lowest BCUT2D eigenvalue weighted by atomic mass is 10.1. The van der Waals surface area contributed by atoms with E-state index in [0.29, 0.717) is 23.6 Å². The number of thiazole rings is 1. The van der Waals surface area contributed by atoms with Gasteiger partial charge >= 0.3 is 0 Å². The van der Waals surface area contributed by atoms with Gasteiger partial charge in [-0.3, -0.25) is 9.59 Å². The summed E-state index contributed by atoms with van der Waals surface area (Å²) in [5.74, 6) is -0.105. The number of nitrogens with one attached hydrogen (secondary N) is 2. The van der Waals surface area contributed by atoms with Crippen molar-refractivity contribution >= 4 is 46.9 Å². The van der Waals surface area contributed by atoms with Gasteiger partial charge in [-0.25, -0.2) is 4.98 Å². The molecule has 1 heterocycles. The maximum atomic E-state index is 12.3. The Labute approximate surface area is 150 Å². The summed E-state index contributed by atoms with van der Waals surface area (Å²) in [4.78, 5) is 28.3. The van der Waals surface area contributed by atoms with Crippen LogP contribution >= 0.6 is 23.7 Å². The van der Waals surface area contributed by atoms with E-state index in [4.69, 9.17) is 5.73 Å². The third kappa shape index (κ3) is 4.31. The van der Waals surface area contributed by atoms with Crippen molar-refractivity contribution in [1.29, 1.82) is 0 Å². The fraction of sp³-hybridized carbons (Fsp3) is 0.312. The Bertz CT molecular complexity index is 758. The zero-order chi connectivity index (χ0) is 16.4. The molecule has 0 unspecified atom stereocenters. The number of carbonyl (C=O) groups excluding carboxylic acids is 2. The lowest BCUT2D eigenvalue weighted by Gasteiger charge is -2.11. The first kappa shape index (κ1) is 18.4. The van der Waals surface area contributed by atoms with E-state index < -0.39 is 0 Å². The van der Waals surface area contributed by atoms with E-state index in [1.807, 2.05) is 19.1 Å². The minimum absolute atomic E-state index is 0. The lowest BCUT2D eigenvalue weighted by molar-refractivity contribution is -0.117. The van der Waals surface area contributed by atoms with Crippen molar-refractivity contribution in [3.8, 4) is 0 Å². The number of aromatic nitrogens is 1. The molecule has 4 N–H and O–H groups in total. The zero-order valence-corrected chi connectivity index (χ0v) is 14.8. The predicted molar refractivity (Wildman–Crippen MR) is 97.7 cm³/mol. The molecular weight excluding hydrogens is 348 g/mol. The molecule has 1 aliphatic rings. The van der Waals surface area contributed by atoms with Crippen LogP contribution in [0.2, 0.25) is 0 Å². The highest BCUT2D eigenvalue weighted by atomic mass is 35.5. The van der Waals surface area contributed by atoms with Gasteiger partial charge in [0.2, 0.25) is 5.91 Å². The average Bonchev–Trinajstić information content (AvgIpc) is 3.28. The highest BCUT2D eigenvalue weighted by Gasteiger charge is 2.29. The molecule has 24 heavy (non-hydrogen) atoms. The Kier molecular flexibility index (Phi) is 5.93. The summed E-state index contributed by atoms with van der Waals surface area (Å²) in [6.07, 6.45) is 1.91. The second-order valence-electron chi connectivity index (χ2n) is 5.58. The number of halogens is 1. The van der Waals surface area contributed by atoms with Gasteiger partial charge < -0.3 is 16.4 Å². The molecule has 1 saturated carbocycles. The maximum Gasteiger partial charge on any atom is 0.275 e. The highest BCUT2D eigenvalue weighted by Crippen LogP contribution is 2.31. The molecule has 1 fully saturated rings. The summed E-state index contributed by atoms with van der Waals surface area (Å²) in [7, 11) is 0. The number of carbonyl (C=O) groups is 2. The van der Waals surface area contributed by atoms with Gasteiger partial charge in [-0.05, 0) is 37.5 Å². The summed E-state index contributed by atoms with van der Waals surface area (Å²) >= 11 is 1.36. The Morgan fingerprint density at radius 3 is 2.71 bits per heavy atom. The maximum absolute atomic E-state index is 12.3. The van der Waals surface area contributed by atoms with Crippen molar-refractivity contribution in [3.05, 3.63) is 39.8 Å². The van der Waals surface area contributed by atoms with Crippen LogP contribution in [0.1, 0.15) is 33.9 Å². The first-order chi connectivity index (χ1) is 11.1. The van der Waals surface area contributed by atoms with Crippen LogP contribution in [-0.2, 0) is 11.3 Å². The zero-order valence-electron chi connectivity index (χ0n) is 13.2. The smallest absolute Gasteiger partial charge is 0.275 e. The van der Waals surface area contributed by atoms with Crippen LogP contribution in [0.4, 0.5) is 11.4 Å². The molecule has 0 aliphatic heterocycles. The second kappa shape index (κ2) is 7.74. The molecule has 2 amide bonds. The second-order valence-corrected chi connectivity index (χ2v) is 6.52. The largest absolute Gasteiger partial charge is 0.326 e. The number of hydrogen-bond acceptors (Lipinski definition) is 5. The van der Waals surface area contributed by atoms with Gasteiger partial charge in [0, 0.05) is 29.2 Å². The van der Waals surface area contributed by atoms with Gasteiger partial charge in [0.05, 0.1) is 0 Å². The van der Waals surface area contributed by atoms with E-state index in [9.17, 15) is 9.59 Å². The molecule has 128 valence electrons. The highest BCUT2D eigenvalue weighted by molar-refractivity contribution is 7.09. The molecule has 2 aromatic rings. The van der Waals surface area contributed by atoms with Crippen LogP contribution in [0, 0.1) is 12.8 Å². The third-order valence-electron chi connectivity index (χ3n) is 3.66. The first-order valence-electron chi connectivity index (χ1n) is 7.44. The van der Waals surface area contributed by atoms with Gasteiger partial charge in [-0.1, -0.05) is 6.07 Å². The fourth-order valence-corrected chi connectivity index (χ4v) is 2.77. The molecule has 0 bridgehead atoms. The van der Waals surface area contributed by atoms with Gasteiger partial charge in [-0.2, -0.15) is 0 Å². The molecule has 0 radical (unpaired) electrons. The summed E-state index contributed by atoms with van der Waals surface area (Å²) in [6.45, 7) is 2.22. The Hall–Kier alpha value is -1.96. The molecular formula is C16H19ClN4O2S. The first-order valence-corrected chi connectivity index (χ1v) is 8.32. The summed E-state index contributed by atoms with van der Waals surface area (Å²) in [5, 5.41) is 8.12. The molecule has 0 atom stereocenters. The molecule has 0 spiro atoms. The minimum atomic E-state index is -0.283. The monoisotopic (exact) mass is 366 g/mol. The minimum Gasteiger partial charge on any atom is -0.326 e. The van der Waals surface area contributed by atoms with Crippen molar-refractivity contribution in [2.45, 2.75) is 26.3 Å².